The van der Waals surface area contributed by atoms with E-state index in [4.69, 9.17) is 4.74 Å². The fourth-order valence-corrected chi connectivity index (χ4v) is 5.51. The molecule has 2 aliphatic rings. The van der Waals surface area contributed by atoms with Crippen molar-refractivity contribution in [3.8, 4) is 5.75 Å². The topological polar surface area (TPSA) is 9.23 Å². The van der Waals surface area contributed by atoms with Gasteiger partial charge in [0.1, 0.15) is 5.75 Å². The number of hydrogen-bond donors (Lipinski definition) is 0. The zero-order valence-electron chi connectivity index (χ0n) is 10.7. The molecule has 3 heteroatoms. The van der Waals surface area contributed by atoms with Crippen LogP contribution in [0.1, 0.15) is 31.2 Å². The Labute approximate surface area is 122 Å². The molecule has 2 saturated carbocycles. The van der Waals surface area contributed by atoms with Gasteiger partial charge in [0.05, 0.1) is 11.6 Å². The minimum Gasteiger partial charge on any atom is -0.496 e. The Kier molecular flexibility index (Phi) is 3.90. The van der Waals surface area contributed by atoms with Crippen LogP contribution in [0.15, 0.2) is 22.7 Å². The first-order valence-electron chi connectivity index (χ1n) is 6.72. The summed E-state index contributed by atoms with van der Waals surface area (Å²) in [4.78, 5) is 0. The first-order valence-corrected chi connectivity index (χ1v) is 8.56. The normalized spacial score (nSPS) is 29.8. The molecule has 0 unspecified atom stereocenters. The maximum atomic E-state index is 5.36. The van der Waals surface area contributed by atoms with E-state index < -0.39 is 0 Å². The van der Waals surface area contributed by atoms with E-state index >= 15 is 0 Å². The largest absolute Gasteiger partial charge is 0.496 e. The van der Waals surface area contributed by atoms with Crippen LogP contribution in [-0.4, -0.2) is 12.4 Å². The van der Waals surface area contributed by atoms with Crippen molar-refractivity contribution in [1.82, 2.24) is 0 Å². The molecule has 3 rings (SSSR count). The van der Waals surface area contributed by atoms with Crippen LogP contribution in [-0.2, 0) is 5.75 Å². The molecule has 0 aromatic heterocycles. The second-order valence-corrected chi connectivity index (χ2v) is 7.44. The molecule has 18 heavy (non-hydrogen) atoms. The number of hydrogen-bond acceptors (Lipinski definition) is 2. The lowest BCUT2D eigenvalue weighted by molar-refractivity contribution is 0.412. The second-order valence-electron chi connectivity index (χ2n) is 5.42. The van der Waals surface area contributed by atoms with Crippen molar-refractivity contribution < 1.29 is 4.74 Å². The lowest BCUT2D eigenvalue weighted by atomic mass is 10.0. The average Bonchev–Trinajstić information content (AvgIpc) is 2.97. The van der Waals surface area contributed by atoms with Gasteiger partial charge in [-0.05, 0) is 71.1 Å². The fraction of sp³-hybridized carbons (Fsp3) is 0.600. The monoisotopic (exact) mass is 326 g/mol. The summed E-state index contributed by atoms with van der Waals surface area (Å²) in [6.45, 7) is 0. The van der Waals surface area contributed by atoms with Gasteiger partial charge in [-0.2, -0.15) is 11.8 Å². The molecule has 2 fully saturated rings. The van der Waals surface area contributed by atoms with Crippen molar-refractivity contribution in [2.75, 3.05) is 7.11 Å². The molecule has 0 N–H and O–H groups in total. The second kappa shape index (κ2) is 5.46. The van der Waals surface area contributed by atoms with Crippen molar-refractivity contribution >= 4 is 27.7 Å². The van der Waals surface area contributed by atoms with E-state index in [1.165, 1.54) is 31.2 Å². The van der Waals surface area contributed by atoms with E-state index in [9.17, 15) is 0 Å². The van der Waals surface area contributed by atoms with Crippen LogP contribution in [0, 0.1) is 11.8 Å². The van der Waals surface area contributed by atoms with Crippen LogP contribution in [0.2, 0.25) is 0 Å². The van der Waals surface area contributed by atoms with Crippen molar-refractivity contribution in [3.63, 3.8) is 0 Å². The highest BCUT2D eigenvalue weighted by Gasteiger charge is 2.41. The van der Waals surface area contributed by atoms with Crippen LogP contribution >= 0.6 is 27.7 Å². The van der Waals surface area contributed by atoms with Gasteiger partial charge in [-0.1, -0.05) is 6.07 Å². The molecule has 98 valence electrons. The summed E-state index contributed by atoms with van der Waals surface area (Å²) in [5, 5.41) is 0.930. The van der Waals surface area contributed by atoms with E-state index in [0.717, 1.165) is 33.1 Å². The van der Waals surface area contributed by atoms with E-state index in [0.29, 0.717) is 0 Å². The van der Waals surface area contributed by atoms with Gasteiger partial charge in [-0.15, -0.1) is 0 Å². The molecular weight excluding hydrogens is 308 g/mol. The molecule has 0 spiro atoms. The van der Waals surface area contributed by atoms with Gasteiger partial charge in [0.25, 0.3) is 0 Å². The number of ether oxygens (including phenoxy) is 1. The van der Waals surface area contributed by atoms with Gasteiger partial charge in [-0.25, -0.2) is 0 Å². The zero-order chi connectivity index (χ0) is 12.5. The molecule has 2 aliphatic carbocycles. The third-order valence-corrected chi connectivity index (χ3v) is 6.71. The van der Waals surface area contributed by atoms with Crippen molar-refractivity contribution in [3.05, 3.63) is 28.2 Å². The van der Waals surface area contributed by atoms with Gasteiger partial charge in [-0.3, -0.25) is 0 Å². The lowest BCUT2D eigenvalue weighted by Gasteiger charge is -2.15. The van der Waals surface area contributed by atoms with Crippen LogP contribution in [0.5, 0.6) is 5.75 Å². The van der Waals surface area contributed by atoms with Gasteiger partial charge < -0.3 is 4.74 Å². The summed E-state index contributed by atoms with van der Waals surface area (Å²) >= 11 is 5.68. The van der Waals surface area contributed by atoms with Crippen molar-refractivity contribution in [2.45, 2.75) is 36.7 Å². The summed E-state index contributed by atoms with van der Waals surface area (Å²) in [6, 6.07) is 6.46. The number of rotatable bonds is 4. The molecule has 0 heterocycles. The quantitative estimate of drug-likeness (QED) is 0.779. The summed E-state index contributed by atoms with van der Waals surface area (Å²) in [5.41, 5.74) is 1.38. The maximum Gasteiger partial charge on any atom is 0.133 e. The first kappa shape index (κ1) is 12.9. The molecule has 0 radical (unpaired) electrons. The Morgan fingerprint density at radius 1 is 1.22 bits per heavy atom. The highest BCUT2D eigenvalue weighted by Crippen LogP contribution is 2.51. The SMILES string of the molecule is COc1cc(CSC2C3CCC2CC3)ccc1Br. The van der Waals surface area contributed by atoms with Crippen LogP contribution < -0.4 is 4.74 Å². The maximum absolute atomic E-state index is 5.36. The van der Waals surface area contributed by atoms with Crippen LogP contribution in [0.4, 0.5) is 0 Å². The van der Waals surface area contributed by atoms with E-state index in [-0.39, 0.29) is 0 Å². The molecule has 0 atom stereocenters. The summed E-state index contributed by atoms with van der Waals surface area (Å²) < 4.78 is 6.40. The number of fused-ring (bicyclic) bond motifs is 2. The predicted octanol–water partition coefficient (Wildman–Crippen LogP) is 4.88. The molecule has 0 amide bonds. The number of methoxy groups -OCH3 is 1. The number of benzene rings is 1. The van der Waals surface area contributed by atoms with Gasteiger partial charge in [0, 0.05) is 11.0 Å². The Morgan fingerprint density at radius 2 is 1.89 bits per heavy atom. The predicted molar refractivity (Wildman–Crippen MR) is 81.2 cm³/mol. The number of thioether (sulfide) groups is 1. The summed E-state index contributed by atoms with van der Waals surface area (Å²) in [6.07, 6.45) is 5.91. The number of halogens is 1. The summed E-state index contributed by atoms with van der Waals surface area (Å²) in [5.74, 6) is 4.10. The molecule has 1 aromatic carbocycles. The third kappa shape index (κ3) is 2.44. The standard InChI is InChI=1S/C15H19BrOS/c1-17-14-8-10(2-7-13(14)16)9-18-15-11-3-4-12(15)6-5-11/h2,7-8,11-12,15H,3-6,9H2,1H3. The van der Waals surface area contributed by atoms with Crippen molar-refractivity contribution in [2.24, 2.45) is 11.8 Å². The zero-order valence-corrected chi connectivity index (χ0v) is 13.1. The van der Waals surface area contributed by atoms with Crippen LogP contribution in [0.3, 0.4) is 0 Å². The first-order chi connectivity index (χ1) is 8.78. The van der Waals surface area contributed by atoms with Gasteiger partial charge in [0.15, 0.2) is 0 Å². The molecule has 1 nitrogen and oxygen atoms in total. The smallest absolute Gasteiger partial charge is 0.133 e. The van der Waals surface area contributed by atoms with Crippen LogP contribution in [0.25, 0.3) is 0 Å². The van der Waals surface area contributed by atoms with Gasteiger partial charge >= 0.3 is 0 Å². The molecule has 1 aromatic rings. The highest BCUT2D eigenvalue weighted by molar-refractivity contribution is 9.10. The highest BCUT2D eigenvalue weighted by atomic mass is 79.9. The minimum atomic E-state index is 0.930. The minimum absolute atomic E-state index is 0.930. The fourth-order valence-electron chi connectivity index (χ4n) is 3.45. The Hall–Kier alpha value is -0.150. The van der Waals surface area contributed by atoms with E-state index in [1.807, 2.05) is 0 Å². The third-order valence-electron chi connectivity index (χ3n) is 4.40. The molecule has 0 aliphatic heterocycles. The molecule has 2 bridgehead atoms. The van der Waals surface area contributed by atoms with E-state index in [1.54, 1.807) is 7.11 Å². The van der Waals surface area contributed by atoms with Crippen molar-refractivity contribution in [1.29, 1.82) is 0 Å². The average molecular weight is 327 g/mol. The van der Waals surface area contributed by atoms with Gasteiger partial charge in [0.2, 0.25) is 0 Å². The Balaban J connectivity index is 1.63. The summed E-state index contributed by atoms with van der Waals surface area (Å²) in [7, 11) is 1.73. The molecular formula is C15H19BrOS. The van der Waals surface area contributed by atoms with E-state index in [2.05, 4.69) is 45.9 Å². The Bertz CT molecular complexity index is 415. The Morgan fingerprint density at radius 3 is 2.50 bits per heavy atom. The molecule has 0 saturated heterocycles. The lowest BCUT2D eigenvalue weighted by Crippen LogP contribution is -2.08.